The summed E-state index contributed by atoms with van der Waals surface area (Å²) >= 11 is 0. The van der Waals surface area contributed by atoms with Crippen LogP contribution in [0.3, 0.4) is 0 Å². The number of alkyl halides is 2. The lowest BCUT2D eigenvalue weighted by Gasteiger charge is -2.36. The van der Waals surface area contributed by atoms with E-state index < -0.39 is 56.7 Å². The predicted molar refractivity (Wildman–Crippen MR) is 70.0 cm³/mol. The summed E-state index contributed by atoms with van der Waals surface area (Å²) in [4.78, 5) is 33.0. The summed E-state index contributed by atoms with van der Waals surface area (Å²) in [6.07, 6.45) is -2.46. The standard InChI is InChI=1S/C12H18F2O8S/c1-11(2,3)9(12(13,14)10(17)18)22-8(16)6-23(19,20)5-7(15)21-4/h9H,5-6H2,1-4H3,(H,17,18)/p-1. The number of carbonyl (C=O) groups is 3. The number of carboxylic acid groups (broad SMARTS) is 1. The zero-order valence-electron chi connectivity index (χ0n) is 12.9. The first kappa shape index (κ1) is 21.2. The third-order valence-corrected chi connectivity index (χ3v) is 3.89. The Hall–Kier alpha value is -1.78. The van der Waals surface area contributed by atoms with E-state index in [0.29, 0.717) is 0 Å². The highest BCUT2D eigenvalue weighted by Crippen LogP contribution is 2.34. The number of carbonyl (C=O) groups excluding carboxylic acids is 3. The number of hydrogen-bond acceptors (Lipinski definition) is 8. The van der Waals surface area contributed by atoms with Gasteiger partial charge in [-0.15, -0.1) is 0 Å². The Balaban J connectivity index is 5.22. The molecule has 0 amide bonds. The summed E-state index contributed by atoms with van der Waals surface area (Å²) in [5.41, 5.74) is -1.52. The van der Waals surface area contributed by atoms with Gasteiger partial charge in [-0.05, 0) is 0 Å². The van der Waals surface area contributed by atoms with Crippen molar-refractivity contribution in [1.29, 1.82) is 0 Å². The number of halogens is 2. The van der Waals surface area contributed by atoms with E-state index in [4.69, 9.17) is 0 Å². The highest BCUT2D eigenvalue weighted by molar-refractivity contribution is 7.92. The molecule has 0 aromatic rings. The highest BCUT2D eigenvalue weighted by atomic mass is 32.2. The van der Waals surface area contributed by atoms with Gasteiger partial charge < -0.3 is 19.4 Å². The Morgan fingerprint density at radius 2 is 1.52 bits per heavy atom. The van der Waals surface area contributed by atoms with Crippen molar-refractivity contribution in [3.8, 4) is 0 Å². The highest BCUT2D eigenvalue weighted by Gasteiger charge is 2.50. The summed E-state index contributed by atoms with van der Waals surface area (Å²) in [6.45, 7) is 3.51. The van der Waals surface area contributed by atoms with Crippen molar-refractivity contribution in [3.63, 3.8) is 0 Å². The fourth-order valence-electron chi connectivity index (χ4n) is 1.54. The number of carboxylic acids is 1. The van der Waals surface area contributed by atoms with E-state index >= 15 is 0 Å². The molecule has 0 aromatic heterocycles. The van der Waals surface area contributed by atoms with E-state index in [0.717, 1.165) is 7.11 Å². The molecule has 0 N–H and O–H groups in total. The molecule has 8 nitrogen and oxygen atoms in total. The molecule has 0 aromatic carbocycles. The van der Waals surface area contributed by atoms with Gasteiger partial charge in [-0.2, -0.15) is 8.78 Å². The van der Waals surface area contributed by atoms with Crippen LogP contribution in [0.15, 0.2) is 0 Å². The van der Waals surface area contributed by atoms with Crippen LogP contribution in [0.25, 0.3) is 0 Å². The van der Waals surface area contributed by atoms with Gasteiger partial charge in [0.05, 0.1) is 7.11 Å². The SMILES string of the molecule is COC(=O)CS(=O)(=O)CC(=O)OC(C(C)(C)C)C(F)(F)C(=O)[O-]. The van der Waals surface area contributed by atoms with Crippen molar-refractivity contribution in [3.05, 3.63) is 0 Å². The summed E-state index contributed by atoms with van der Waals surface area (Å²) in [7, 11) is -3.38. The number of hydrogen-bond donors (Lipinski definition) is 0. The van der Waals surface area contributed by atoms with Gasteiger partial charge in [0.1, 0.15) is 17.5 Å². The van der Waals surface area contributed by atoms with Crippen LogP contribution >= 0.6 is 0 Å². The molecule has 1 unspecified atom stereocenters. The van der Waals surface area contributed by atoms with Crippen molar-refractivity contribution in [1.82, 2.24) is 0 Å². The Labute approximate surface area is 131 Å². The molecule has 0 heterocycles. The third-order valence-electron chi connectivity index (χ3n) is 2.54. The second kappa shape index (κ2) is 7.20. The molecule has 1 atom stereocenters. The van der Waals surface area contributed by atoms with Gasteiger partial charge in [0.25, 0.3) is 0 Å². The second-order valence-corrected chi connectivity index (χ2v) is 7.82. The number of esters is 2. The largest absolute Gasteiger partial charge is 0.544 e. The summed E-state index contributed by atoms with van der Waals surface area (Å²) in [5, 5.41) is 10.5. The van der Waals surface area contributed by atoms with Crippen molar-refractivity contribution in [2.75, 3.05) is 18.6 Å². The zero-order chi connectivity index (χ0) is 18.6. The minimum Gasteiger partial charge on any atom is -0.544 e. The van der Waals surface area contributed by atoms with Crippen LogP contribution in [-0.4, -0.2) is 57.0 Å². The number of sulfone groups is 1. The zero-order valence-corrected chi connectivity index (χ0v) is 13.7. The molecule has 0 saturated heterocycles. The molecule has 0 aliphatic carbocycles. The van der Waals surface area contributed by atoms with Crippen molar-refractivity contribution in [2.24, 2.45) is 5.41 Å². The van der Waals surface area contributed by atoms with Crippen molar-refractivity contribution >= 4 is 27.7 Å². The van der Waals surface area contributed by atoms with Crippen molar-refractivity contribution in [2.45, 2.75) is 32.8 Å². The van der Waals surface area contributed by atoms with E-state index in [1.54, 1.807) is 0 Å². The molecule has 0 rings (SSSR count). The van der Waals surface area contributed by atoms with Gasteiger partial charge in [0, 0.05) is 5.41 Å². The van der Waals surface area contributed by atoms with E-state index in [-0.39, 0.29) is 0 Å². The minimum atomic E-state index is -4.53. The molecular formula is C12H17F2O8S-. The minimum absolute atomic E-state index is 0.923. The maximum absolute atomic E-state index is 13.6. The first-order valence-corrected chi connectivity index (χ1v) is 8.01. The van der Waals surface area contributed by atoms with Crippen LogP contribution in [0, 0.1) is 5.41 Å². The quantitative estimate of drug-likeness (QED) is 0.525. The van der Waals surface area contributed by atoms with Crippen LogP contribution in [-0.2, 0) is 33.7 Å². The number of rotatable bonds is 7. The van der Waals surface area contributed by atoms with E-state index in [1.807, 2.05) is 0 Å². The maximum atomic E-state index is 13.6. The summed E-state index contributed by atoms with van der Waals surface area (Å²) in [5.74, 6) is -12.6. The van der Waals surface area contributed by atoms with Gasteiger partial charge in [0.15, 0.2) is 15.9 Å². The molecule has 23 heavy (non-hydrogen) atoms. The third kappa shape index (κ3) is 6.47. The van der Waals surface area contributed by atoms with Gasteiger partial charge in [-0.3, -0.25) is 9.59 Å². The van der Waals surface area contributed by atoms with Crippen LogP contribution in [0.5, 0.6) is 0 Å². The van der Waals surface area contributed by atoms with E-state index in [2.05, 4.69) is 9.47 Å². The molecule has 0 bridgehead atoms. The molecule has 0 saturated carbocycles. The van der Waals surface area contributed by atoms with Gasteiger partial charge in [0.2, 0.25) is 0 Å². The molecule has 0 aliphatic rings. The van der Waals surface area contributed by atoms with Gasteiger partial charge in [-0.1, -0.05) is 20.8 Å². The first-order chi connectivity index (χ1) is 10.1. The van der Waals surface area contributed by atoms with E-state index in [9.17, 15) is 36.7 Å². The summed E-state index contributed by atoms with van der Waals surface area (Å²) < 4.78 is 58.7. The average Bonchev–Trinajstić information content (AvgIpc) is 2.32. The van der Waals surface area contributed by atoms with Gasteiger partial charge in [-0.25, -0.2) is 8.42 Å². The second-order valence-electron chi connectivity index (χ2n) is 5.75. The molecule has 134 valence electrons. The number of ether oxygens (including phenoxy) is 2. The van der Waals surface area contributed by atoms with Crippen LogP contribution in [0.4, 0.5) is 8.78 Å². The van der Waals surface area contributed by atoms with Gasteiger partial charge >= 0.3 is 17.9 Å². The molecule has 0 radical (unpaired) electrons. The maximum Gasteiger partial charge on any atom is 0.323 e. The summed E-state index contributed by atoms with van der Waals surface area (Å²) in [6, 6.07) is 0. The Bertz CT molecular complexity index is 576. The normalized spacial score (nSPS) is 14.0. The fourth-order valence-corrected chi connectivity index (χ4v) is 2.54. The van der Waals surface area contributed by atoms with Crippen molar-refractivity contribution < 1.29 is 46.2 Å². The topological polar surface area (TPSA) is 127 Å². The number of methoxy groups -OCH3 is 1. The van der Waals surface area contributed by atoms with Crippen LogP contribution in [0.2, 0.25) is 0 Å². The predicted octanol–water partition coefficient (Wildman–Crippen LogP) is -1.08. The monoisotopic (exact) mass is 359 g/mol. The molecule has 0 aliphatic heterocycles. The number of aliphatic carboxylic acids is 1. The Kier molecular flexibility index (Phi) is 6.64. The van der Waals surface area contributed by atoms with Crippen LogP contribution < -0.4 is 5.11 Å². The average molecular weight is 359 g/mol. The molecular weight excluding hydrogens is 342 g/mol. The lowest BCUT2D eigenvalue weighted by molar-refractivity contribution is -0.339. The molecule has 11 heteroatoms. The first-order valence-electron chi connectivity index (χ1n) is 6.19. The Morgan fingerprint density at radius 3 is 1.87 bits per heavy atom. The van der Waals surface area contributed by atoms with E-state index in [1.165, 1.54) is 20.8 Å². The Morgan fingerprint density at radius 1 is 1.09 bits per heavy atom. The smallest absolute Gasteiger partial charge is 0.323 e. The molecule has 0 fully saturated rings. The fraction of sp³-hybridized carbons (Fsp3) is 0.750. The molecule has 0 spiro atoms. The lowest BCUT2D eigenvalue weighted by Crippen LogP contribution is -2.56. The lowest BCUT2D eigenvalue weighted by atomic mass is 9.85. The van der Waals surface area contributed by atoms with Crippen LogP contribution in [0.1, 0.15) is 20.8 Å².